The third-order valence-corrected chi connectivity index (χ3v) is 2.87. The minimum absolute atomic E-state index is 0.0916. The minimum Gasteiger partial charge on any atom is -0.492 e. The molecular weight excluding hydrogens is 256 g/mol. The highest BCUT2D eigenvalue weighted by molar-refractivity contribution is 5.88. The smallest absolute Gasteiger partial charge is 0.221 e. The first-order valence-electron chi connectivity index (χ1n) is 6.65. The Labute approximate surface area is 118 Å². The van der Waals surface area contributed by atoms with Crippen molar-refractivity contribution in [2.75, 3.05) is 38.6 Å². The van der Waals surface area contributed by atoms with Crippen LogP contribution in [-0.4, -0.2) is 50.1 Å². The van der Waals surface area contributed by atoms with E-state index in [-0.39, 0.29) is 5.91 Å². The summed E-state index contributed by atoms with van der Waals surface area (Å²) in [6.07, 6.45) is 0. The first-order valence-corrected chi connectivity index (χ1v) is 6.65. The third kappa shape index (κ3) is 4.15. The zero-order valence-electron chi connectivity index (χ0n) is 11.8. The average Bonchev–Trinajstić information content (AvgIpc) is 2.80. The molecule has 0 atom stereocenters. The summed E-state index contributed by atoms with van der Waals surface area (Å²) in [4.78, 5) is 17.4. The van der Waals surface area contributed by atoms with Crippen LogP contribution in [0.4, 0.5) is 5.69 Å². The Morgan fingerprint density at radius 2 is 2.35 bits per heavy atom. The van der Waals surface area contributed by atoms with E-state index >= 15 is 0 Å². The zero-order valence-corrected chi connectivity index (χ0v) is 11.8. The quantitative estimate of drug-likeness (QED) is 0.785. The number of carbonyl (C=O) groups is 1. The highest BCUT2D eigenvalue weighted by Crippen LogP contribution is 2.16. The van der Waals surface area contributed by atoms with Crippen LogP contribution < -0.4 is 15.4 Å². The van der Waals surface area contributed by atoms with Crippen molar-refractivity contribution in [1.29, 1.82) is 0 Å². The molecule has 0 fully saturated rings. The fourth-order valence-electron chi connectivity index (χ4n) is 1.92. The zero-order chi connectivity index (χ0) is 14.4. The van der Waals surface area contributed by atoms with Crippen molar-refractivity contribution in [2.45, 2.75) is 6.92 Å². The number of rotatable bonds is 5. The Kier molecular flexibility index (Phi) is 4.81. The molecule has 20 heavy (non-hydrogen) atoms. The van der Waals surface area contributed by atoms with Gasteiger partial charge in [0.1, 0.15) is 12.4 Å². The van der Waals surface area contributed by atoms with Crippen LogP contribution in [0.25, 0.3) is 0 Å². The molecule has 0 saturated carbocycles. The van der Waals surface area contributed by atoms with Crippen LogP contribution >= 0.6 is 0 Å². The second-order valence-electron chi connectivity index (χ2n) is 4.61. The van der Waals surface area contributed by atoms with Crippen molar-refractivity contribution < 1.29 is 9.53 Å². The topological polar surface area (TPSA) is 66.0 Å². The molecular formula is C14H20N4O2. The first-order chi connectivity index (χ1) is 9.65. The maximum absolute atomic E-state index is 11.0. The van der Waals surface area contributed by atoms with Crippen LogP contribution in [-0.2, 0) is 4.79 Å². The lowest BCUT2D eigenvalue weighted by atomic mass is 10.3. The van der Waals surface area contributed by atoms with Crippen molar-refractivity contribution in [3.8, 4) is 5.75 Å². The third-order valence-electron chi connectivity index (χ3n) is 2.87. The number of hydrogen-bond donors (Lipinski definition) is 2. The standard InChI is InChI=1S/C14H20N4O2/c1-11(19)17-12-4-3-5-13(10-12)20-9-7-16-14-15-6-8-18(14)2/h3-5,10H,6-9H2,1-2H3,(H,15,16)(H,17,19). The lowest BCUT2D eigenvalue weighted by Crippen LogP contribution is -2.37. The van der Waals surface area contributed by atoms with Gasteiger partial charge in [0.05, 0.1) is 13.1 Å². The number of nitrogens with one attached hydrogen (secondary N) is 2. The molecule has 2 rings (SSSR count). The highest BCUT2D eigenvalue weighted by atomic mass is 16.5. The van der Waals surface area contributed by atoms with Gasteiger partial charge in [-0.15, -0.1) is 0 Å². The van der Waals surface area contributed by atoms with Gasteiger partial charge in [0.2, 0.25) is 5.91 Å². The van der Waals surface area contributed by atoms with Crippen molar-refractivity contribution in [2.24, 2.45) is 4.99 Å². The number of carbonyl (C=O) groups excluding carboxylic acids is 1. The molecule has 6 heteroatoms. The van der Waals surface area contributed by atoms with Gasteiger partial charge in [0.25, 0.3) is 0 Å². The van der Waals surface area contributed by atoms with E-state index in [0.29, 0.717) is 13.2 Å². The van der Waals surface area contributed by atoms with E-state index in [4.69, 9.17) is 4.74 Å². The molecule has 0 unspecified atom stereocenters. The van der Waals surface area contributed by atoms with Gasteiger partial charge in [0, 0.05) is 32.3 Å². The fourth-order valence-corrected chi connectivity index (χ4v) is 1.92. The summed E-state index contributed by atoms with van der Waals surface area (Å²) < 4.78 is 5.64. The van der Waals surface area contributed by atoms with Crippen molar-refractivity contribution >= 4 is 17.6 Å². The first kappa shape index (κ1) is 14.2. The van der Waals surface area contributed by atoms with E-state index in [1.54, 1.807) is 6.07 Å². The molecule has 0 aromatic heterocycles. The maximum Gasteiger partial charge on any atom is 0.221 e. The number of amides is 1. The van der Waals surface area contributed by atoms with Crippen molar-refractivity contribution in [3.63, 3.8) is 0 Å². The van der Waals surface area contributed by atoms with Crippen molar-refractivity contribution in [1.82, 2.24) is 10.2 Å². The Bertz CT molecular complexity index is 502. The summed E-state index contributed by atoms with van der Waals surface area (Å²) in [6, 6.07) is 7.35. The van der Waals surface area contributed by atoms with Crippen LogP contribution in [0.5, 0.6) is 5.75 Å². The number of aliphatic imine (C=N–C) groups is 1. The number of benzene rings is 1. The summed E-state index contributed by atoms with van der Waals surface area (Å²) in [5.41, 5.74) is 0.739. The van der Waals surface area contributed by atoms with E-state index in [2.05, 4.69) is 20.5 Å². The van der Waals surface area contributed by atoms with Gasteiger partial charge < -0.3 is 20.3 Å². The minimum atomic E-state index is -0.0916. The van der Waals surface area contributed by atoms with Crippen LogP contribution in [0.15, 0.2) is 29.3 Å². The van der Waals surface area contributed by atoms with Gasteiger partial charge in [-0.1, -0.05) is 6.07 Å². The Morgan fingerprint density at radius 1 is 1.50 bits per heavy atom. The van der Waals surface area contributed by atoms with Crippen LogP contribution in [0, 0.1) is 0 Å². The van der Waals surface area contributed by atoms with Crippen LogP contribution in [0.3, 0.4) is 0 Å². The van der Waals surface area contributed by atoms with E-state index in [1.165, 1.54) is 6.92 Å². The van der Waals surface area contributed by atoms with Gasteiger partial charge in [-0.05, 0) is 12.1 Å². The molecule has 0 radical (unpaired) electrons. The normalized spacial score (nSPS) is 13.9. The number of guanidine groups is 1. The summed E-state index contributed by atoms with van der Waals surface area (Å²) in [7, 11) is 2.01. The molecule has 1 amide bonds. The van der Waals surface area contributed by atoms with Gasteiger partial charge >= 0.3 is 0 Å². The summed E-state index contributed by atoms with van der Waals surface area (Å²) in [5, 5.41) is 5.96. The van der Waals surface area contributed by atoms with E-state index in [9.17, 15) is 4.79 Å². The molecule has 108 valence electrons. The van der Waals surface area contributed by atoms with Gasteiger partial charge in [0.15, 0.2) is 5.96 Å². The maximum atomic E-state index is 11.0. The Balaban J connectivity index is 1.75. The number of hydrogen-bond acceptors (Lipinski definition) is 5. The Morgan fingerprint density at radius 3 is 3.05 bits per heavy atom. The van der Waals surface area contributed by atoms with E-state index in [1.807, 2.05) is 25.2 Å². The monoisotopic (exact) mass is 276 g/mol. The van der Waals surface area contributed by atoms with Gasteiger partial charge in [-0.25, -0.2) is 0 Å². The fraction of sp³-hybridized carbons (Fsp3) is 0.429. The molecule has 1 heterocycles. The molecule has 1 aliphatic rings. The highest BCUT2D eigenvalue weighted by Gasteiger charge is 2.10. The number of nitrogens with zero attached hydrogens (tertiary/aromatic N) is 2. The predicted molar refractivity (Wildman–Crippen MR) is 79.2 cm³/mol. The second kappa shape index (κ2) is 6.79. The lowest BCUT2D eigenvalue weighted by Gasteiger charge is -2.15. The van der Waals surface area contributed by atoms with Crippen LogP contribution in [0.1, 0.15) is 6.92 Å². The van der Waals surface area contributed by atoms with Gasteiger partial charge in [-0.3, -0.25) is 9.79 Å². The van der Waals surface area contributed by atoms with E-state index in [0.717, 1.165) is 30.5 Å². The predicted octanol–water partition coefficient (Wildman–Crippen LogP) is 0.915. The second-order valence-corrected chi connectivity index (χ2v) is 4.61. The molecule has 0 aliphatic carbocycles. The molecule has 1 aromatic rings. The van der Waals surface area contributed by atoms with E-state index < -0.39 is 0 Å². The average molecular weight is 276 g/mol. The van der Waals surface area contributed by atoms with Crippen LogP contribution in [0.2, 0.25) is 0 Å². The summed E-state index contributed by atoms with van der Waals surface area (Å²) in [6.45, 7) is 4.51. The van der Waals surface area contributed by atoms with Gasteiger partial charge in [-0.2, -0.15) is 0 Å². The number of ether oxygens (including phenoxy) is 1. The molecule has 0 bridgehead atoms. The van der Waals surface area contributed by atoms with Crippen molar-refractivity contribution in [3.05, 3.63) is 24.3 Å². The largest absolute Gasteiger partial charge is 0.492 e. The number of anilines is 1. The SMILES string of the molecule is CC(=O)Nc1cccc(OCCNC2=NCCN2C)c1. The molecule has 2 N–H and O–H groups in total. The molecule has 1 aliphatic heterocycles. The molecule has 0 saturated heterocycles. The number of likely N-dealkylation sites (N-methyl/N-ethyl adjacent to an activating group) is 1. The molecule has 6 nitrogen and oxygen atoms in total. The summed E-state index contributed by atoms with van der Waals surface area (Å²) in [5.74, 6) is 1.56. The summed E-state index contributed by atoms with van der Waals surface area (Å²) >= 11 is 0. The molecule has 0 spiro atoms. The molecule has 1 aromatic carbocycles. The Hall–Kier alpha value is -2.24. The lowest BCUT2D eigenvalue weighted by molar-refractivity contribution is -0.114.